The van der Waals surface area contributed by atoms with Crippen LogP contribution in [-0.2, 0) is 5.75 Å². The van der Waals surface area contributed by atoms with Crippen LogP contribution in [0.25, 0.3) is 10.2 Å². The summed E-state index contributed by atoms with van der Waals surface area (Å²) in [5, 5.41) is 3.35. The van der Waals surface area contributed by atoms with Gasteiger partial charge in [0.05, 0.1) is 20.8 Å². The molecule has 0 bridgehead atoms. The van der Waals surface area contributed by atoms with E-state index < -0.39 is 0 Å². The van der Waals surface area contributed by atoms with Crippen LogP contribution in [-0.4, -0.2) is 10.9 Å². The van der Waals surface area contributed by atoms with Crippen molar-refractivity contribution >= 4 is 56.5 Å². The van der Waals surface area contributed by atoms with Gasteiger partial charge >= 0.3 is 0 Å². The van der Waals surface area contributed by atoms with Gasteiger partial charge in [0.15, 0.2) is 4.34 Å². The van der Waals surface area contributed by atoms with Crippen molar-refractivity contribution in [3.63, 3.8) is 0 Å². The number of hydrogen-bond donors (Lipinski definition) is 1. The van der Waals surface area contributed by atoms with Gasteiger partial charge in [0.1, 0.15) is 0 Å². The zero-order valence-electron chi connectivity index (χ0n) is 14.2. The van der Waals surface area contributed by atoms with Crippen molar-refractivity contribution in [1.29, 1.82) is 0 Å². The monoisotopic (exact) mass is 410 g/mol. The SMILES string of the molecule is O=C(Nc1ccc2nc(SCc3ccccc3)sc2c1)c1ccccc1Cl. The number of anilines is 1. The number of hydrogen-bond acceptors (Lipinski definition) is 4. The van der Waals surface area contributed by atoms with Crippen LogP contribution in [0.3, 0.4) is 0 Å². The number of thioether (sulfide) groups is 1. The summed E-state index contributed by atoms with van der Waals surface area (Å²) >= 11 is 9.45. The summed E-state index contributed by atoms with van der Waals surface area (Å²) in [6.07, 6.45) is 0. The largest absolute Gasteiger partial charge is 0.322 e. The normalized spacial score (nSPS) is 10.9. The molecular weight excluding hydrogens is 396 g/mol. The van der Waals surface area contributed by atoms with Crippen LogP contribution in [0, 0.1) is 0 Å². The molecule has 1 heterocycles. The van der Waals surface area contributed by atoms with Crippen molar-refractivity contribution in [3.05, 3.63) is 88.9 Å². The van der Waals surface area contributed by atoms with E-state index in [1.165, 1.54) is 5.56 Å². The number of carbonyl (C=O) groups is 1. The van der Waals surface area contributed by atoms with Gasteiger partial charge in [-0.15, -0.1) is 11.3 Å². The molecule has 0 atom stereocenters. The summed E-state index contributed by atoms with van der Waals surface area (Å²) in [4.78, 5) is 17.1. The number of aromatic nitrogens is 1. The minimum absolute atomic E-state index is 0.219. The van der Waals surface area contributed by atoms with Gasteiger partial charge in [0, 0.05) is 11.4 Å². The first-order valence-electron chi connectivity index (χ1n) is 8.32. The zero-order chi connectivity index (χ0) is 18.6. The molecule has 0 unspecified atom stereocenters. The second kappa shape index (κ2) is 8.13. The maximum atomic E-state index is 12.4. The van der Waals surface area contributed by atoms with Crippen LogP contribution in [0.15, 0.2) is 77.1 Å². The van der Waals surface area contributed by atoms with Gasteiger partial charge in [-0.3, -0.25) is 4.79 Å². The van der Waals surface area contributed by atoms with Crippen molar-refractivity contribution in [3.8, 4) is 0 Å². The lowest BCUT2D eigenvalue weighted by Crippen LogP contribution is -2.12. The van der Waals surface area contributed by atoms with Gasteiger partial charge in [-0.25, -0.2) is 4.98 Å². The number of nitrogens with one attached hydrogen (secondary N) is 1. The Kier molecular flexibility index (Phi) is 5.43. The van der Waals surface area contributed by atoms with Gasteiger partial charge in [-0.05, 0) is 35.9 Å². The number of halogens is 1. The van der Waals surface area contributed by atoms with Crippen molar-refractivity contribution in [2.24, 2.45) is 0 Å². The van der Waals surface area contributed by atoms with Gasteiger partial charge in [-0.2, -0.15) is 0 Å². The first-order chi connectivity index (χ1) is 13.2. The zero-order valence-corrected chi connectivity index (χ0v) is 16.6. The number of benzene rings is 3. The van der Waals surface area contributed by atoms with Crippen LogP contribution in [0.4, 0.5) is 5.69 Å². The number of rotatable bonds is 5. The standard InChI is InChI=1S/C21H15ClN2OS2/c22-17-9-5-4-8-16(17)20(25)23-15-10-11-18-19(12-15)27-21(24-18)26-13-14-6-2-1-3-7-14/h1-12H,13H2,(H,23,25). The van der Waals surface area contributed by atoms with E-state index in [9.17, 15) is 4.79 Å². The molecule has 134 valence electrons. The number of thiazole rings is 1. The van der Waals surface area contributed by atoms with E-state index in [0.717, 1.165) is 26.0 Å². The molecule has 3 nitrogen and oxygen atoms in total. The van der Waals surface area contributed by atoms with E-state index in [-0.39, 0.29) is 5.91 Å². The van der Waals surface area contributed by atoms with E-state index in [2.05, 4.69) is 22.4 Å². The number of nitrogens with zero attached hydrogens (tertiary/aromatic N) is 1. The highest BCUT2D eigenvalue weighted by Crippen LogP contribution is 2.33. The molecule has 0 spiro atoms. The fourth-order valence-electron chi connectivity index (χ4n) is 2.61. The van der Waals surface area contributed by atoms with Crippen LogP contribution in [0.2, 0.25) is 5.02 Å². The van der Waals surface area contributed by atoms with Crippen molar-refractivity contribution in [2.75, 3.05) is 5.32 Å². The second-order valence-corrected chi connectivity index (χ2v) is 8.53. The Balaban J connectivity index is 1.49. The predicted octanol–water partition coefficient (Wildman–Crippen LogP) is 6.49. The van der Waals surface area contributed by atoms with E-state index >= 15 is 0 Å². The first kappa shape index (κ1) is 18.0. The molecule has 0 aliphatic rings. The lowest BCUT2D eigenvalue weighted by molar-refractivity contribution is 0.102. The summed E-state index contributed by atoms with van der Waals surface area (Å²) in [5.41, 5.74) is 3.40. The van der Waals surface area contributed by atoms with E-state index in [0.29, 0.717) is 10.6 Å². The van der Waals surface area contributed by atoms with E-state index in [4.69, 9.17) is 11.6 Å². The molecule has 0 saturated heterocycles. The van der Waals surface area contributed by atoms with E-state index in [1.54, 1.807) is 47.4 Å². The highest BCUT2D eigenvalue weighted by molar-refractivity contribution is 8.00. The third-order valence-electron chi connectivity index (χ3n) is 3.95. The molecule has 4 aromatic rings. The average molecular weight is 411 g/mol. The molecule has 0 radical (unpaired) electrons. The third kappa shape index (κ3) is 4.33. The average Bonchev–Trinajstić information content (AvgIpc) is 3.10. The van der Waals surface area contributed by atoms with Crippen LogP contribution >= 0.6 is 34.7 Å². The Labute approximate surface area is 170 Å². The lowest BCUT2D eigenvalue weighted by Gasteiger charge is -2.06. The number of carbonyl (C=O) groups excluding carboxylic acids is 1. The molecule has 0 saturated carbocycles. The molecule has 0 aliphatic heterocycles. The molecule has 4 rings (SSSR count). The second-order valence-electron chi connectivity index (χ2n) is 5.87. The van der Waals surface area contributed by atoms with Crippen LogP contribution in [0.1, 0.15) is 15.9 Å². The summed E-state index contributed by atoms with van der Waals surface area (Å²) in [6, 6.07) is 23.1. The molecule has 3 aromatic carbocycles. The van der Waals surface area contributed by atoms with Crippen LogP contribution < -0.4 is 5.32 Å². The smallest absolute Gasteiger partial charge is 0.257 e. The number of fused-ring (bicyclic) bond motifs is 1. The van der Waals surface area contributed by atoms with Crippen molar-refractivity contribution in [1.82, 2.24) is 4.98 Å². The molecular formula is C21H15ClN2OS2. The van der Waals surface area contributed by atoms with E-state index in [1.807, 2.05) is 36.4 Å². The minimum Gasteiger partial charge on any atom is -0.322 e. The van der Waals surface area contributed by atoms with Crippen LogP contribution in [0.5, 0.6) is 0 Å². The molecule has 0 fully saturated rings. The predicted molar refractivity (Wildman–Crippen MR) is 115 cm³/mol. The Morgan fingerprint density at radius 2 is 1.81 bits per heavy atom. The van der Waals surface area contributed by atoms with Gasteiger partial charge in [-0.1, -0.05) is 65.8 Å². The Bertz CT molecular complexity index is 1100. The highest BCUT2D eigenvalue weighted by Gasteiger charge is 2.11. The quantitative estimate of drug-likeness (QED) is 0.382. The maximum Gasteiger partial charge on any atom is 0.257 e. The number of amides is 1. The summed E-state index contributed by atoms with van der Waals surface area (Å²) in [5.74, 6) is 0.666. The first-order valence-corrected chi connectivity index (χ1v) is 10.5. The Morgan fingerprint density at radius 1 is 1.04 bits per heavy atom. The molecule has 1 N–H and O–H groups in total. The Morgan fingerprint density at radius 3 is 2.63 bits per heavy atom. The third-order valence-corrected chi connectivity index (χ3v) is 6.51. The maximum absolute atomic E-state index is 12.4. The van der Waals surface area contributed by atoms with Gasteiger partial charge < -0.3 is 5.32 Å². The van der Waals surface area contributed by atoms with Crippen molar-refractivity contribution < 1.29 is 4.79 Å². The fourth-order valence-corrected chi connectivity index (χ4v) is 4.89. The Hall–Kier alpha value is -2.34. The summed E-state index contributed by atoms with van der Waals surface area (Å²) < 4.78 is 2.06. The molecule has 1 amide bonds. The minimum atomic E-state index is -0.219. The molecule has 6 heteroatoms. The summed E-state index contributed by atoms with van der Waals surface area (Å²) in [6.45, 7) is 0. The van der Waals surface area contributed by atoms with Gasteiger partial charge in [0.25, 0.3) is 5.91 Å². The summed E-state index contributed by atoms with van der Waals surface area (Å²) in [7, 11) is 0. The molecule has 0 aliphatic carbocycles. The van der Waals surface area contributed by atoms with Crippen molar-refractivity contribution in [2.45, 2.75) is 10.1 Å². The lowest BCUT2D eigenvalue weighted by atomic mass is 10.2. The highest BCUT2D eigenvalue weighted by atomic mass is 35.5. The molecule has 1 aromatic heterocycles. The molecule has 27 heavy (non-hydrogen) atoms. The fraction of sp³-hybridized carbons (Fsp3) is 0.0476. The topological polar surface area (TPSA) is 42.0 Å². The van der Waals surface area contributed by atoms with Gasteiger partial charge in [0.2, 0.25) is 0 Å².